The van der Waals surface area contributed by atoms with Crippen molar-refractivity contribution in [1.82, 2.24) is 0 Å². The lowest BCUT2D eigenvalue weighted by molar-refractivity contribution is -0.116. The summed E-state index contributed by atoms with van der Waals surface area (Å²) in [6.45, 7) is 6.81. The number of ether oxygens (including phenoxy) is 1. The second-order valence-electron chi connectivity index (χ2n) is 9.75. The van der Waals surface area contributed by atoms with E-state index in [1.807, 2.05) is 60.7 Å². The molecule has 1 aliphatic carbocycles. The van der Waals surface area contributed by atoms with E-state index in [1.165, 1.54) is 23.3 Å². The van der Waals surface area contributed by atoms with E-state index in [4.69, 9.17) is 4.74 Å². The second kappa shape index (κ2) is 9.52. The zero-order valence-corrected chi connectivity index (χ0v) is 20.5. The number of rotatable bonds is 5. The average Bonchev–Trinajstić information content (AvgIpc) is 3.16. The van der Waals surface area contributed by atoms with E-state index >= 15 is 0 Å². The molecular formula is C28H31NO3S. The van der Waals surface area contributed by atoms with E-state index in [2.05, 4.69) is 26.1 Å². The third kappa shape index (κ3) is 4.88. The molecule has 0 bridgehead atoms. The summed E-state index contributed by atoms with van der Waals surface area (Å²) in [5.41, 5.74) is 3.59. The first-order chi connectivity index (χ1) is 15.8. The third-order valence-electron chi connectivity index (χ3n) is 6.64. The van der Waals surface area contributed by atoms with Crippen LogP contribution < -0.4 is 5.32 Å². The first-order valence-corrected chi connectivity index (χ1v) is 12.2. The van der Waals surface area contributed by atoms with Gasteiger partial charge in [-0.2, -0.15) is 0 Å². The molecule has 0 saturated heterocycles. The highest BCUT2D eigenvalue weighted by Crippen LogP contribution is 2.44. The molecule has 1 atom stereocenters. The molecule has 3 aromatic rings. The molecule has 1 heterocycles. The molecule has 5 heteroatoms. The molecule has 1 aliphatic rings. The maximum absolute atomic E-state index is 13.7. The number of amides is 1. The van der Waals surface area contributed by atoms with Crippen LogP contribution in [-0.4, -0.2) is 19.0 Å². The summed E-state index contributed by atoms with van der Waals surface area (Å²) in [5.74, 6) is -0.463. The van der Waals surface area contributed by atoms with E-state index < -0.39 is 5.92 Å². The van der Waals surface area contributed by atoms with Crippen molar-refractivity contribution in [2.24, 2.45) is 11.3 Å². The Morgan fingerprint density at radius 3 is 2.09 bits per heavy atom. The molecule has 1 aromatic heterocycles. The number of carbonyl (C=O) groups is 2. The number of thiophene rings is 1. The Hall–Kier alpha value is -2.92. The summed E-state index contributed by atoms with van der Waals surface area (Å²) in [5, 5.41) is 3.71. The Labute approximate surface area is 200 Å². The molecule has 4 rings (SSSR count). The summed E-state index contributed by atoms with van der Waals surface area (Å²) in [6, 6.07) is 19.5. The lowest BCUT2D eigenvalue weighted by Gasteiger charge is -2.33. The van der Waals surface area contributed by atoms with Crippen molar-refractivity contribution < 1.29 is 14.3 Å². The van der Waals surface area contributed by atoms with Crippen molar-refractivity contribution in [2.75, 3.05) is 12.4 Å². The lowest BCUT2D eigenvalue weighted by atomic mass is 9.72. The topological polar surface area (TPSA) is 55.4 Å². The minimum Gasteiger partial charge on any atom is -0.465 e. The van der Waals surface area contributed by atoms with Crippen LogP contribution in [0.2, 0.25) is 0 Å². The van der Waals surface area contributed by atoms with Gasteiger partial charge in [0.25, 0.3) is 0 Å². The van der Waals surface area contributed by atoms with Crippen LogP contribution >= 0.6 is 11.3 Å². The fraction of sp³-hybridized carbons (Fsp3) is 0.357. The molecule has 4 nitrogen and oxygen atoms in total. The van der Waals surface area contributed by atoms with Gasteiger partial charge < -0.3 is 10.1 Å². The molecule has 1 unspecified atom stereocenters. The van der Waals surface area contributed by atoms with Crippen molar-refractivity contribution in [3.8, 4) is 0 Å². The summed E-state index contributed by atoms with van der Waals surface area (Å²) in [7, 11) is 1.40. The van der Waals surface area contributed by atoms with Gasteiger partial charge in [0.15, 0.2) is 0 Å². The standard InChI is InChI=1S/C28H31NO3S/c1-28(2,3)20-15-16-21-22(17-20)33-26(24(21)27(31)32-4)29-25(30)23(18-11-7-5-8-12-18)19-13-9-6-10-14-19/h5-14,20,23H,15-17H2,1-4H3,(H,29,30). The van der Waals surface area contributed by atoms with Crippen molar-refractivity contribution in [2.45, 2.75) is 46.0 Å². The molecule has 0 saturated carbocycles. The lowest BCUT2D eigenvalue weighted by Crippen LogP contribution is -2.26. The molecule has 0 spiro atoms. The van der Waals surface area contributed by atoms with Crippen LogP contribution in [0.4, 0.5) is 5.00 Å². The average molecular weight is 462 g/mol. The van der Waals surface area contributed by atoms with Crippen LogP contribution in [0.15, 0.2) is 60.7 Å². The van der Waals surface area contributed by atoms with Crippen LogP contribution in [0.1, 0.15) is 65.0 Å². The molecular weight excluding hydrogens is 430 g/mol. The Kier molecular flexibility index (Phi) is 6.71. The predicted molar refractivity (Wildman–Crippen MR) is 134 cm³/mol. The van der Waals surface area contributed by atoms with Gasteiger partial charge in [0, 0.05) is 4.88 Å². The van der Waals surface area contributed by atoms with E-state index in [9.17, 15) is 9.59 Å². The number of anilines is 1. The van der Waals surface area contributed by atoms with Crippen LogP contribution in [0.5, 0.6) is 0 Å². The first kappa shape index (κ1) is 23.2. The van der Waals surface area contributed by atoms with Gasteiger partial charge in [0.2, 0.25) is 5.91 Å². The van der Waals surface area contributed by atoms with Gasteiger partial charge in [-0.1, -0.05) is 81.4 Å². The quantitative estimate of drug-likeness (QED) is 0.444. The molecule has 172 valence electrons. The normalized spacial score (nSPS) is 15.7. The smallest absolute Gasteiger partial charge is 0.341 e. The molecule has 0 aliphatic heterocycles. The maximum Gasteiger partial charge on any atom is 0.341 e. The summed E-state index contributed by atoms with van der Waals surface area (Å²) in [6.07, 6.45) is 2.78. The molecule has 33 heavy (non-hydrogen) atoms. The summed E-state index contributed by atoms with van der Waals surface area (Å²) in [4.78, 5) is 27.6. The van der Waals surface area contributed by atoms with E-state index in [-0.39, 0.29) is 17.3 Å². The number of carbonyl (C=O) groups excluding carboxylic acids is 2. The number of methoxy groups -OCH3 is 1. The zero-order chi connectivity index (χ0) is 23.6. The van der Waals surface area contributed by atoms with Gasteiger partial charge in [-0.25, -0.2) is 4.79 Å². The van der Waals surface area contributed by atoms with Gasteiger partial charge in [-0.05, 0) is 47.3 Å². The Morgan fingerprint density at radius 2 is 1.58 bits per heavy atom. The summed E-state index contributed by atoms with van der Waals surface area (Å²) >= 11 is 1.53. The van der Waals surface area contributed by atoms with Crippen molar-refractivity contribution in [3.05, 3.63) is 87.8 Å². The van der Waals surface area contributed by atoms with Crippen molar-refractivity contribution in [1.29, 1.82) is 0 Å². The van der Waals surface area contributed by atoms with E-state index in [0.29, 0.717) is 16.5 Å². The number of hydrogen-bond donors (Lipinski definition) is 1. The van der Waals surface area contributed by atoms with Gasteiger partial charge in [-0.3, -0.25) is 4.79 Å². The van der Waals surface area contributed by atoms with Crippen LogP contribution in [0, 0.1) is 11.3 Å². The number of hydrogen-bond acceptors (Lipinski definition) is 4. The largest absolute Gasteiger partial charge is 0.465 e. The highest BCUT2D eigenvalue weighted by molar-refractivity contribution is 7.17. The summed E-state index contributed by atoms with van der Waals surface area (Å²) < 4.78 is 5.12. The fourth-order valence-electron chi connectivity index (χ4n) is 4.70. The number of benzene rings is 2. The van der Waals surface area contributed by atoms with Gasteiger partial charge in [0.1, 0.15) is 5.00 Å². The van der Waals surface area contributed by atoms with Gasteiger partial charge >= 0.3 is 5.97 Å². The maximum atomic E-state index is 13.7. The SMILES string of the molecule is COC(=O)c1c(NC(=O)C(c2ccccc2)c2ccccc2)sc2c1CCC(C(C)(C)C)C2. The van der Waals surface area contributed by atoms with Gasteiger partial charge in [-0.15, -0.1) is 11.3 Å². The highest BCUT2D eigenvalue weighted by Gasteiger charge is 2.35. The number of esters is 1. The predicted octanol–water partition coefficient (Wildman–Crippen LogP) is 6.46. The van der Waals surface area contributed by atoms with Gasteiger partial charge in [0.05, 0.1) is 18.6 Å². The van der Waals surface area contributed by atoms with Crippen LogP contribution in [0.25, 0.3) is 0 Å². The second-order valence-corrected chi connectivity index (χ2v) is 10.9. The molecule has 0 radical (unpaired) electrons. The Bertz CT molecular complexity index is 1090. The van der Waals surface area contributed by atoms with Crippen molar-refractivity contribution in [3.63, 3.8) is 0 Å². The third-order valence-corrected chi connectivity index (χ3v) is 7.81. The molecule has 1 N–H and O–H groups in total. The van der Waals surface area contributed by atoms with Crippen LogP contribution in [0.3, 0.4) is 0 Å². The monoisotopic (exact) mass is 461 g/mol. The minimum absolute atomic E-state index is 0.150. The Morgan fingerprint density at radius 1 is 1.00 bits per heavy atom. The highest BCUT2D eigenvalue weighted by atomic mass is 32.1. The minimum atomic E-state index is -0.473. The van der Waals surface area contributed by atoms with Crippen LogP contribution in [-0.2, 0) is 22.4 Å². The fourth-order valence-corrected chi connectivity index (χ4v) is 6.02. The molecule has 1 amide bonds. The number of fused-ring (bicyclic) bond motifs is 1. The van der Waals surface area contributed by atoms with Crippen molar-refractivity contribution >= 4 is 28.2 Å². The van der Waals surface area contributed by atoms with E-state index in [0.717, 1.165) is 36.0 Å². The first-order valence-electron chi connectivity index (χ1n) is 11.4. The molecule has 0 fully saturated rings. The zero-order valence-electron chi connectivity index (χ0n) is 19.7. The van der Waals surface area contributed by atoms with E-state index in [1.54, 1.807) is 0 Å². The molecule has 2 aromatic carbocycles. The number of nitrogens with one attached hydrogen (secondary N) is 1. The Balaban J connectivity index is 1.71.